The Kier molecular flexibility index (Phi) is 6.12. The number of nitrogens with zero attached hydrogens (tertiary/aromatic N) is 3. The smallest absolute Gasteiger partial charge is 0.280 e. The van der Waals surface area contributed by atoms with Crippen molar-refractivity contribution in [2.24, 2.45) is 0 Å². The third-order valence-electron chi connectivity index (χ3n) is 3.81. The maximum Gasteiger partial charge on any atom is 0.280 e. The molecule has 0 bridgehead atoms. The average Bonchev–Trinajstić information content (AvgIpc) is 2.96. The molecule has 23 heavy (non-hydrogen) atoms. The summed E-state index contributed by atoms with van der Waals surface area (Å²) in [5.41, 5.74) is 1.70. The molecular formula is C14H24N4O3S2. The zero-order valence-electron chi connectivity index (χ0n) is 13.7. The number of nitrogens with one attached hydrogen (secondary N) is 1. The second kappa shape index (κ2) is 7.69. The summed E-state index contributed by atoms with van der Waals surface area (Å²) >= 11 is 1.45. The van der Waals surface area contributed by atoms with Crippen LogP contribution < -0.4 is 4.72 Å². The number of amides is 1. The number of carbonyl (C=O) groups is 1. The lowest BCUT2D eigenvalue weighted by Gasteiger charge is -2.37. The Bertz CT molecular complexity index is 608. The van der Waals surface area contributed by atoms with E-state index in [1.54, 1.807) is 37.4 Å². The van der Waals surface area contributed by atoms with Gasteiger partial charge in [0.05, 0.1) is 12.1 Å². The summed E-state index contributed by atoms with van der Waals surface area (Å²) in [4.78, 5) is 18.1. The summed E-state index contributed by atoms with van der Waals surface area (Å²) in [5, 5.41) is 0. The maximum absolute atomic E-state index is 12.7. The highest BCUT2D eigenvalue weighted by molar-refractivity contribution is 7.87. The lowest BCUT2D eigenvalue weighted by molar-refractivity contribution is -0.130. The van der Waals surface area contributed by atoms with Crippen LogP contribution in [0.25, 0.3) is 0 Å². The lowest BCUT2D eigenvalue weighted by Crippen LogP contribution is -2.52. The standard InChI is InChI=1S/C14H24N4O3S2/c1-11(2)16-23(20,21)18(9-14-8-15-10-22-14)13-4-6-17(7-5-13)12(3)19/h8,10-11,13,16H,4-7,9H2,1-3H3. The Morgan fingerprint density at radius 3 is 2.61 bits per heavy atom. The first-order valence-electron chi connectivity index (χ1n) is 7.71. The van der Waals surface area contributed by atoms with E-state index < -0.39 is 10.2 Å². The highest BCUT2D eigenvalue weighted by Crippen LogP contribution is 2.23. The number of thiazole rings is 1. The molecule has 1 N–H and O–H groups in total. The van der Waals surface area contributed by atoms with Crippen molar-refractivity contribution in [1.82, 2.24) is 18.9 Å². The summed E-state index contributed by atoms with van der Waals surface area (Å²) in [6, 6.07) is -0.273. The first kappa shape index (κ1) is 18.3. The summed E-state index contributed by atoms with van der Waals surface area (Å²) in [6.45, 7) is 6.66. The molecule has 1 fully saturated rings. The van der Waals surface area contributed by atoms with E-state index in [0.29, 0.717) is 32.5 Å². The van der Waals surface area contributed by atoms with Crippen LogP contribution in [-0.4, -0.2) is 53.7 Å². The minimum absolute atomic E-state index is 0.0422. The van der Waals surface area contributed by atoms with Crippen molar-refractivity contribution >= 4 is 27.5 Å². The second-order valence-electron chi connectivity index (χ2n) is 6.03. The molecule has 1 aromatic heterocycles. The van der Waals surface area contributed by atoms with Crippen LogP contribution in [0, 0.1) is 0 Å². The molecule has 0 radical (unpaired) electrons. The molecule has 1 saturated heterocycles. The fourth-order valence-electron chi connectivity index (χ4n) is 2.72. The zero-order valence-corrected chi connectivity index (χ0v) is 15.4. The van der Waals surface area contributed by atoms with Crippen LogP contribution >= 0.6 is 11.3 Å². The molecule has 0 aliphatic carbocycles. The van der Waals surface area contributed by atoms with Gasteiger partial charge < -0.3 is 4.90 Å². The summed E-state index contributed by atoms with van der Waals surface area (Å²) in [6.07, 6.45) is 3.00. The molecule has 1 aliphatic rings. The van der Waals surface area contributed by atoms with Crippen LogP contribution in [0.5, 0.6) is 0 Å². The number of hydrogen-bond acceptors (Lipinski definition) is 5. The van der Waals surface area contributed by atoms with Crippen molar-refractivity contribution in [2.45, 2.75) is 52.2 Å². The molecule has 1 aromatic rings. The predicted molar refractivity (Wildman–Crippen MR) is 90.1 cm³/mol. The normalized spacial score (nSPS) is 17.2. The molecule has 130 valence electrons. The summed E-state index contributed by atoms with van der Waals surface area (Å²) < 4.78 is 29.6. The molecule has 0 aromatic carbocycles. The molecule has 1 aliphatic heterocycles. The number of carbonyl (C=O) groups excluding carboxylic acids is 1. The summed E-state index contributed by atoms with van der Waals surface area (Å²) in [7, 11) is -3.58. The van der Waals surface area contributed by atoms with Gasteiger partial charge >= 0.3 is 0 Å². The van der Waals surface area contributed by atoms with E-state index >= 15 is 0 Å². The molecule has 0 spiro atoms. The minimum Gasteiger partial charge on any atom is -0.343 e. The first-order valence-corrected chi connectivity index (χ1v) is 10.0. The number of aromatic nitrogens is 1. The second-order valence-corrected chi connectivity index (χ2v) is 8.65. The predicted octanol–water partition coefficient (Wildman–Crippen LogP) is 1.20. The van der Waals surface area contributed by atoms with Gasteiger partial charge in [-0.25, -0.2) is 0 Å². The molecule has 2 rings (SSSR count). The monoisotopic (exact) mass is 360 g/mol. The average molecular weight is 361 g/mol. The SMILES string of the molecule is CC(=O)N1CCC(N(Cc2cncs2)S(=O)(=O)NC(C)C)CC1. The fourth-order valence-corrected chi connectivity index (χ4v) is 5.04. The number of rotatable bonds is 6. The van der Waals surface area contributed by atoms with Crippen molar-refractivity contribution in [3.05, 3.63) is 16.6 Å². The molecule has 2 heterocycles. The van der Waals surface area contributed by atoms with E-state index in [1.807, 2.05) is 0 Å². The van der Waals surface area contributed by atoms with Crippen molar-refractivity contribution < 1.29 is 13.2 Å². The van der Waals surface area contributed by atoms with Gasteiger partial charge in [0, 0.05) is 43.2 Å². The van der Waals surface area contributed by atoms with E-state index in [1.165, 1.54) is 15.6 Å². The highest BCUT2D eigenvalue weighted by Gasteiger charge is 2.33. The van der Waals surface area contributed by atoms with Gasteiger partial charge in [0.1, 0.15) is 0 Å². The van der Waals surface area contributed by atoms with Crippen LogP contribution in [0.15, 0.2) is 11.7 Å². The van der Waals surface area contributed by atoms with E-state index in [4.69, 9.17) is 0 Å². The Morgan fingerprint density at radius 2 is 2.13 bits per heavy atom. The Morgan fingerprint density at radius 1 is 1.48 bits per heavy atom. The van der Waals surface area contributed by atoms with Gasteiger partial charge in [0.2, 0.25) is 5.91 Å². The molecule has 7 nitrogen and oxygen atoms in total. The van der Waals surface area contributed by atoms with Gasteiger partial charge in [-0.3, -0.25) is 9.78 Å². The van der Waals surface area contributed by atoms with Gasteiger partial charge in [0.25, 0.3) is 10.2 Å². The largest absolute Gasteiger partial charge is 0.343 e. The van der Waals surface area contributed by atoms with Crippen LogP contribution in [0.4, 0.5) is 0 Å². The van der Waals surface area contributed by atoms with Crippen LogP contribution in [0.3, 0.4) is 0 Å². The Balaban J connectivity index is 2.15. The molecule has 0 saturated carbocycles. The number of likely N-dealkylation sites (tertiary alicyclic amines) is 1. The van der Waals surface area contributed by atoms with E-state index in [0.717, 1.165) is 4.88 Å². The van der Waals surface area contributed by atoms with Crippen LogP contribution in [0.2, 0.25) is 0 Å². The lowest BCUT2D eigenvalue weighted by atomic mass is 10.1. The summed E-state index contributed by atoms with van der Waals surface area (Å²) in [5.74, 6) is 0.0422. The topological polar surface area (TPSA) is 82.6 Å². The van der Waals surface area contributed by atoms with Gasteiger partial charge in [-0.2, -0.15) is 17.4 Å². The van der Waals surface area contributed by atoms with E-state index in [2.05, 4.69) is 9.71 Å². The van der Waals surface area contributed by atoms with Crippen LogP contribution in [0.1, 0.15) is 38.5 Å². The molecule has 1 amide bonds. The van der Waals surface area contributed by atoms with Crippen molar-refractivity contribution in [3.63, 3.8) is 0 Å². The maximum atomic E-state index is 12.7. The molecular weight excluding hydrogens is 336 g/mol. The third-order valence-corrected chi connectivity index (χ3v) is 6.38. The molecule has 9 heteroatoms. The number of piperidine rings is 1. The Hall–Kier alpha value is -1.03. The molecule has 0 atom stereocenters. The number of hydrogen-bond donors (Lipinski definition) is 1. The Labute approximate surface area is 141 Å². The van der Waals surface area contributed by atoms with Gasteiger partial charge in [0.15, 0.2) is 0 Å². The fraction of sp³-hybridized carbons (Fsp3) is 0.714. The van der Waals surface area contributed by atoms with Gasteiger partial charge in [-0.15, -0.1) is 11.3 Å². The molecule has 0 unspecified atom stereocenters. The van der Waals surface area contributed by atoms with Gasteiger partial charge in [-0.05, 0) is 26.7 Å². The van der Waals surface area contributed by atoms with E-state index in [-0.39, 0.29) is 18.0 Å². The first-order chi connectivity index (χ1) is 10.8. The minimum atomic E-state index is -3.58. The van der Waals surface area contributed by atoms with Crippen LogP contribution in [-0.2, 0) is 21.5 Å². The van der Waals surface area contributed by atoms with Gasteiger partial charge in [-0.1, -0.05) is 0 Å². The van der Waals surface area contributed by atoms with Crippen molar-refractivity contribution in [1.29, 1.82) is 0 Å². The highest BCUT2D eigenvalue weighted by atomic mass is 32.2. The van der Waals surface area contributed by atoms with Crippen molar-refractivity contribution in [2.75, 3.05) is 13.1 Å². The third kappa shape index (κ3) is 4.97. The zero-order chi connectivity index (χ0) is 17.0. The van der Waals surface area contributed by atoms with E-state index in [9.17, 15) is 13.2 Å². The quantitative estimate of drug-likeness (QED) is 0.826. The van der Waals surface area contributed by atoms with Crippen molar-refractivity contribution in [3.8, 4) is 0 Å².